The van der Waals surface area contributed by atoms with Crippen LogP contribution in [0.15, 0.2) is 0 Å². The molecule has 0 aliphatic rings. The van der Waals surface area contributed by atoms with Crippen molar-refractivity contribution < 1.29 is 0 Å². The molecule has 4 heteroatoms. The molecule has 0 radical (unpaired) electrons. The molecule has 0 aliphatic carbocycles. The summed E-state index contributed by atoms with van der Waals surface area (Å²) in [7, 11) is 0. The second kappa shape index (κ2) is 21.8. The average Bonchev–Trinajstić information content (AvgIpc) is 2.62. The summed E-state index contributed by atoms with van der Waals surface area (Å²) in [6.45, 7) is 0.202. The fraction of sp³-hybridized carbons (Fsp3) is 1.00. The van der Waals surface area contributed by atoms with E-state index in [9.17, 15) is 0 Å². The van der Waals surface area contributed by atoms with Gasteiger partial charge in [0.05, 0.1) is 0 Å². The standard InChI is InChI=1S/C23H48Cl2SSi/c1-27(24,25)23-21-19-17-15-13-11-9-7-5-3-2-4-6-8-10-12-14-16-18-20-22-26/h26H,2-23H2,1H3. The summed E-state index contributed by atoms with van der Waals surface area (Å²) in [6.07, 6.45) is 28.3. The van der Waals surface area contributed by atoms with Crippen molar-refractivity contribution >= 4 is 41.5 Å². The maximum atomic E-state index is 6.13. The van der Waals surface area contributed by atoms with Crippen LogP contribution in [0.1, 0.15) is 128 Å². The number of unbranched alkanes of at least 4 members (excludes halogenated alkanes) is 19. The lowest BCUT2D eigenvalue weighted by molar-refractivity contribution is 0.523. The first-order valence-corrected chi connectivity index (χ1v) is 17.4. The molecule has 0 unspecified atom stereocenters. The van der Waals surface area contributed by atoms with Crippen LogP contribution in [0.3, 0.4) is 0 Å². The van der Waals surface area contributed by atoms with Gasteiger partial charge in [0.2, 0.25) is 6.69 Å². The third-order valence-corrected chi connectivity index (χ3v) is 8.21. The Balaban J connectivity index is 3.01. The summed E-state index contributed by atoms with van der Waals surface area (Å²) in [5.41, 5.74) is 0. The van der Waals surface area contributed by atoms with Gasteiger partial charge in [-0.15, -0.1) is 22.2 Å². The molecular formula is C23H48Cl2SSi. The maximum Gasteiger partial charge on any atom is 0.248 e. The number of hydrogen-bond donors (Lipinski definition) is 1. The van der Waals surface area contributed by atoms with E-state index in [-0.39, 0.29) is 0 Å². The molecule has 0 rings (SSSR count). The first-order chi connectivity index (χ1) is 13.1. The van der Waals surface area contributed by atoms with E-state index < -0.39 is 6.69 Å². The molecule has 0 aliphatic heterocycles. The largest absolute Gasteiger partial charge is 0.248 e. The molecule has 0 aromatic heterocycles. The summed E-state index contributed by atoms with van der Waals surface area (Å²) in [5.74, 6) is 1.06. The van der Waals surface area contributed by atoms with Crippen LogP contribution < -0.4 is 0 Å². The minimum Gasteiger partial charge on any atom is -0.179 e. The molecule has 0 N–H and O–H groups in total. The third kappa shape index (κ3) is 27.1. The van der Waals surface area contributed by atoms with Crippen LogP contribution in [0.2, 0.25) is 12.6 Å². The molecule has 0 spiro atoms. The number of thiol groups is 1. The van der Waals surface area contributed by atoms with Gasteiger partial charge in [-0.2, -0.15) is 12.6 Å². The molecule has 0 bridgehead atoms. The highest BCUT2D eigenvalue weighted by Gasteiger charge is 2.19. The van der Waals surface area contributed by atoms with Crippen molar-refractivity contribution in [2.45, 2.75) is 141 Å². The highest BCUT2D eigenvalue weighted by atomic mass is 35.7. The van der Waals surface area contributed by atoms with E-state index in [4.69, 9.17) is 22.2 Å². The summed E-state index contributed by atoms with van der Waals surface area (Å²) in [4.78, 5) is 0. The quantitative estimate of drug-likeness (QED) is 0.0713. The zero-order valence-corrected chi connectivity index (χ0v) is 21.7. The second-order valence-electron chi connectivity index (χ2n) is 8.61. The summed E-state index contributed by atoms with van der Waals surface area (Å²) in [5, 5.41) is 0. The van der Waals surface area contributed by atoms with Gasteiger partial charge in [-0.05, 0) is 24.8 Å². The summed E-state index contributed by atoms with van der Waals surface area (Å²) < 4.78 is 0. The fourth-order valence-electron chi connectivity index (χ4n) is 3.73. The van der Waals surface area contributed by atoms with Crippen LogP contribution in [0.4, 0.5) is 0 Å². The molecule has 0 heterocycles. The average molecular weight is 456 g/mol. The van der Waals surface area contributed by atoms with Gasteiger partial charge in [-0.3, -0.25) is 0 Å². The van der Waals surface area contributed by atoms with Crippen LogP contribution in [0.25, 0.3) is 0 Å². The van der Waals surface area contributed by atoms with Crippen LogP contribution in [0.5, 0.6) is 0 Å². The van der Waals surface area contributed by atoms with E-state index in [1.54, 1.807) is 0 Å². The molecular weight excluding hydrogens is 407 g/mol. The molecule has 0 aromatic carbocycles. The van der Waals surface area contributed by atoms with Crippen LogP contribution in [-0.2, 0) is 0 Å². The Labute approximate surface area is 187 Å². The normalized spacial score (nSPS) is 12.0. The van der Waals surface area contributed by atoms with E-state index in [0.29, 0.717) is 0 Å². The van der Waals surface area contributed by atoms with Gasteiger partial charge in [0.1, 0.15) is 0 Å². The van der Waals surface area contributed by atoms with Crippen molar-refractivity contribution in [2.75, 3.05) is 5.75 Å². The zero-order chi connectivity index (χ0) is 20.1. The third-order valence-electron chi connectivity index (χ3n) is 5.52. The molecule has 0 saturated heterocycles. The van der Waals surface area contributed by atoms with Gasteiger partial charge in [0, 0.05) is 0 Å². The van der Waals surface area contributed by atoms with E-state index in [2.05, 4.69) is 12.6 Å². The molecule has 0 nitrogen and oxygen atoms in total. The van der Waals surface area contributed by atoms with Crippen molar-refractivity contribution in [3.8, 4) is 0 Å². The summed E-state index contributed by atoms with van der Waals surface area (Å²) in [6, 6.07) is 1.06. The van der Waals surface area contributed by atoms with Crippen molar-refractivity contribution in [3.63, 3.8) is 0 Å². The van der Waals surface area contributed by atoms with Crippen molar-refractivity contribution in [1.29, 1.82) is 0 Å². The van der Waals surface area contributed by atoms with Gasteiger partial charge in [-0.1, -0.05) is 122 Å². The first-order valence-electron chi connectivity index (χ1n) is 12.0. The lowest BCUT2D eigenvalue weighted by atomic mass is 10.0. The lowest BCUT2D eigenvalue weighted by Gasteiger charge is -2.09. The zero-order valence-electron chi connectivity index (χ0n) is 18.3. The van der Waals surface area contributed by atoms with E-state index >= 15 is 0 Å². The predicted molar refractivity (Wildman–Crippen MR) is 134 cm³/mol. The molecule has 27 heavy (non-hydrogen) atoms. The Kier molecular flexibility index (Phi) is 22.8. The van der Waals surface area contributed by atoms with Crippen LogP contribution >= 0.6 is 34.8 Å². The Morgan fingerprint density at radius 3 is 0.889 bits per heavy atom. The Bertz CT molecular complexity index is 282. The van der Waals surface area contributed by atoms with Gasteiger partial charge in [0.15, 0.2) is 0 Å². The Hall–Kier alpha value is 1.15. The van der Waals surface area contributed by atoms with Crippen molar-refractivity contribution in [2.24, 2.45) is 0 Å². The first kappa shape index (κ1) is 28.1. The topological polar surface area (TPSA) is 0 Å². The second-order valence-corrected chi connectivity index (χ2v) is 17.3. The van der Waals surface area contributed by atoms with Crippen LogP contribution in [-0.4, -0.2) is 12.4 Å². The maximum absolute atomic E-state index is 6.13. The monoisotopic (exact) mass is 454 g/mol. The van der Waals surface area contributed by atoms with E-state index in [1.807, 2.05) is 6.55 Å². The molecule has 0 saturated carbocycles. The predicted octanol–water partition coefficient (Wildman–Crippen LogP) is 10.3. The van der Waals surface area contributed by atoms with Gasteiger partial charge in [-0.25, -0.2) is 0 Å². The van der Waals surface area contributed by atoms with E-state index in [0.717, 1.165) is 11.8 Å². The minimum absolute atomic E-state index is 1.06. The SMILES string of the molecule is C[Si](Cl)(Cl)CCCCCCCCCCCCCCCCCCCCCCS. The van der Waals surface area contributed by atoms with E-state index in [1.165, 1.54) is 128 Å². The molecule has 0 atom stereocenters. The van der Waals surface area contributed by atoms with Gasteiger partial charge in [0.25, 0.3) is 0 Å². The summed E-state index contributed by atoms with van der Waals surface area (Å²) >= 11 is 16.5. The van der Waals surface area contributed by atoms with Gasteiger partial charge >= 0.3 is 0 Å². The Morgan fingerprint density at radius 1 is 0.444 bits per heavy atom. The van der Waals surface area contributed by atoms with Crippen molar-refractivity contribution in [1.82, 2.24) is 0 Å². The Morgan fingerprint density at radius 2 is 0.667 bits per heavy atom. The number of rotatable bonds is 22. The number of hydrogen-bond acceptors (Lipinski definition) is 1. The fourth-order valence-corrected chi connectivity index (χ4v) is 5.63. The highest BCUT2D eigenvalue weighted by Crippen LogP contribution is 2.23. The molecule has 0 amide bonds. The van der Waals surface area contributed by atoms with Crippen LogP contribution in [0, 0.1) is 0 Å². The molecule has 0 fully saturated rings. The van der Waals surface area contributed by atoms with Gasteiger partial charge < -0.3 is 0 Å². The van der Waals surface area contributed by atoms with Crippen molar-refractivity contribution in [3.05, 3.63) is 0 Å². The molecule has 0 aromatic rings. The lowest BCUT2D eigenvalue weighted by Crippen LogP contribution is -2.11. The number of halogens is 2. The molecule has 164 valence electrons. The minimum atomic E-state index is -1.83. The highest BCUT2D eigenvalue weighted by molar-refractivity contribution is 7.80. The smallest absolute Gasteiger partial charge is 0.179 e.